The zero-order chi connectivity index (χ0) is 9.26. The van der Waals surface area contributed by atoms with E-state index >= 15 is 0 Å². The minimum Gasteiger partial charge on any atom is -0.322 e. The number of hydrogen-bond donors (Lipinski definition) is 2. The summed E-state index contributed by atoms with van der Waals surface area (Å²) in [5, 5.41) is 3.43. The molecule has 1 aromatic heterocycles. The van der Waals surface area contributed by atoms with Crippen LogP contribution >= 0.6 is 27.3 Å². The van der Waals surface area contributed by atoms with Crippen molar-refractivity contribution in [2.24, 2.45) is 5.73 Å². The summed E-state index contributed by atoms with van der Waals surface area (Å²) in [6.07, 6.45) is 2.64. The van der Waals surface area contributed by atoms with Crippen molar-refractivity contribution in [3.8, 4) is 0 Å². The predicted molar refractivity (Wildman–Crippen MR) is 60.0 cm³/mol. The molecular weight excluding hydrogens is 248 g/mol. The van der Waals surface area contributed by atoms with Gasteiger partial charge in [0.2, 0.25) is 0 Å². The van der Waals surface area contributed by atoms with Crippen molar-refractivity contribution in [1.29, 1.82) is 0 Å². The van der Waals surface area contributed by atoms with Crippen molar-refractivity contribution in [2.75, 3.05) is 6.54 Å². The van der Waals surface area contributed by atoms with Gasteiger partial charge in [0.15, 0.2) is 0 Å². The molecule has 1 aliphatic carbocycles. The van der Waals surface area contributed by atoms with Gasteiger partial charge >= 0.3 is 0 Å². The van der Waals surface area contributed by atoms with Gasteiger partial charge in [-0.1, -0.05) is 0 Å². The largest absolute Gasteiger partial charge is 0.322 e. The summed E-state index contributed by atoms with van der Waals surface area (Å²) in [4.78, 5) is 1.25. The smallest absolute Gasteiger partial charge is 0.0701 e. The Morgan fingerprint density at radius 3 is 2.92 bits per heavy atom. The minimum absolute atomic E-state index is 0.150. The molecular formula is C9H13BrN2S. The molecule has 0 amide bonds. The van der Waals surface area contributed by atoms with E-state index in [1.807, 2.05) is 0 Å². The van der Waals surface area contributed by atoms with E-state index in [4.69, 9.17) is 5.73 Å². The highest BCUT2D eigenvalue weighted by Gasteiger charge is 2.21. The SMILES string of the molecule is NC(CNC1CC1)c1ccc(Br)s1. The second-order valence-electron chi connectivity index (χ2n) is 3.43. The summed E-state index contributed by atoms with van der Waals surface area (Å²) in [6.45, 7) is 0.900. The fourth-order valence-corrected chi connectivity index (χ4v) is 2.63. The van der Waals surface area contributed by atoms with Crippen molar-refractivity contribution in [1.82, 2.24) is 5.32 Å². The van der Waals surface area contributed by atoms with Crippen LogP contribution in [0.4, 0.5) is 0 Å². The average molecular weight is 261 g/mol. The molecule has 2 rings (SSSR count). The first-order chi connectivity index (χ1) is 6.25. The molecule has 3 N–H and O–H groups in total. The Morgan fingerprint density at radius 2 is 2.38 bits per heavy atom. The van der Waals surface area contributed by atoms with Crippen LogP contribution in [0.5, 0.6) is 0 Å². The lowest BCUT2D eigenvalue weighted by Gasteiger charge is -2.09. The number of hydrogen-bond acceptors (Lipinski definition) is 3. The van der Waals surface area contributed by atoms with Crippen molar-refractivity contribution >= 4 is 27.3 Å². The second kappa shape index (κ2) is 4.09. The zero-order valence-electron chi connectivity index (χ0n) is 7.29. The first kappa shape index (κ1) is 9.65. The van der Waals surface area contributed by atoms with E-state index < -0.39 is 0 Å². The number of nitrogens with two attached hydrogens (primary N) is 1. The molecule has 1 unspecified atom stereocenters. The molecule has 1 heterocycles. The van der Waals surface area contributed by atoms with Crippen LogP contribution in [-0.2, 0) is 0 Å². The number of nitrogens with one attached hydrogen (secondary N) is 1. The molecule has 4 heteroatoms. The average Bonchev–Trinajstić information content (AvgIpc) is 2.84. The molecule has 1 atom stereocenters. The van der Waals surface area contributed by atoms with E-state index in [2.05, 4.69) is 33.4 Å². The van der Waals surface area contributed by atoms with Gasteiger partial charge in [-0.25, -0.2) is 0 Å². The first-order valence-electron chi connectivity index (χ1n) is 4.50. The van der Waals surface area contributed by atoms with Crippen LogP contribution < -0.4 is 11.1 Å². The van der Waals surface area contributed by atoms with Gasteiger partial charge in [-0.15, -0.1) is 11.3 Å². The van der Waals surface area contributed by atoms with E-state index in [0.29, 0.717) is 0 Å². The van der Waals surface area contributed by atoms with Gasteiger partial charge in [-0.05, 0) is 40.9 Å². The van der Waals surface area contributed by atoms with Crippen LogP contribution in [0.25, 0.3) is 0 Å². The Bertz CT molecular complexity index is 283. The van der Waals surface area contributed by atoms with Crippen LogP contribution in [0.15, 0.2) is 15.9 Å². The minimum atomic E-state index is 0.150. The Kier molecular flexibility index (Phi) is 3.03. The van der Waals surface area contributed by atoms with Crippen molar-refractivity contribution in [3.63, 3.8) is 0 Å². The molecule has 72 valence electrons. The van der Waals surface area contributed by atoms with E-state index in [1.54, 1.807) is 11.3 Å². The Labute approximate surface area is 90.6 Å². The summed E-state index contributed by atoms with van der Waals surface area (Å²) in [5.74, 6) is 0. The summed E-state index contributed by atoms with van der Waals surface area (Å²) in [7, 11) is 0. The van der Waals surface area contributed by atoms with E-state index in [-0.39, 0.29) is 6.04 Å². The Morgan fingerprint density at radius 1 is 1.62 bits per heavy atom. The highest BCUT2D eigenvalue weighted by atomic mass is 79.9. The maximum atomic E-state index is 6.01. The van der Waals surface area contributed by atoms with Gasteiger partial charge < -0.3 is 11.1 Å². The van der Waals surface area contributed by atoms with Crippen LogP contribution in [0, 0.1) is 0 Å². The molecule has 0 aliphatic heterocycles. The number of rotatable bonds is 4. The molecule has 0 aromatic carbocycles. The fraction of sp³-hybridized carbons (Fsp3) is 0.556. The summed E-state index contributed by atoms with van der Waals surface area (Å²) in [6, 6.07) is 5.04. The summed E-state index contributed by atoms with van der Waals surface area (Å²) in [5.41, 5.74) is 6.01. The molecule has 0 spiro atoms. The molecule has 0 bridgehead atoms. The van der Waals surface area contributed by atoms with Crippen LogP contribution in [-0.4, -0.2) is 12.6 Å². The molecule has 0 radical (unpaired) electrons. The zero-order valence-corrected chi connectivity index (χ0v) is 9.70. The fourth-order valence-electron chi connectivity index (χ4n) is 1.21. The Hall–Kier alpha value is 0.1000. The van der Waals surface area contributed by atoms with E-state index in [9.17, 15) is 0 Å². The third-order valence-corrected chi connectivity index (χ3v) is 3.92. The predicted octanol–water partition coefficient (Wildman–Crippen LogP) is 2.26. The first-order valence-corrected chi connectivity index (χ1v) is 6.11. The van der Waals surface area contributed by atoms with Gasteiger partial charge in [-0.3, -0.25) is 0 Å². The lowest BCUT2D eigenvalue weighted by Crippen LogP contribution is -2.27. The van der Waals surface area contributed by atoms with Gasteiger partial charge in [0, 0.05) is 17.5 Å². The monoisotopic (exact) mass is 260 g/mol. The van der Waals surface area contributed by atoms with Crippen LogP contribution in [0.1, 0.15) is 23.8 Å². The van der Waals surface area contributed by atoms with Gasteiger partial charge in [-0.2, -0.15) is 0 Å². The normalized spacial score (nSPS) is 18.9. The molecule has 1 saturated carbocycles. The lowest BCUT2D eigenvalue weighted by atomic mass is 10.2. The third-order valence-electron chi connectivity index (χ3n) is 2.16. The molecule has 13 heavy (non-hydrogen) atoms. The van der Waals surface area contributed by atoms with E-state index in [1.165, 1.54) is 17.7 Å². The summed E-state index contributed by atoms with van der Waals surface area (Å²) < 4.78 is 1.16. The van der Waals surface area contributed by atoms with Gasteiger partial charge in [0.05, 0.1) is 9.83 Å². The maximum Gasteiger partial charge on any atom is 0.0701 e. The van der Waals surface area contributed by atoms with Crippen LogP contribution in [0.3, 0.4) is 0 Å². The second-order valence-corrected chi connectivity index (χ2v) is 5.93. The summed E-state index contributed by atoms with van der Waals surface area (Å²) >= 11 is 5.15. The van der Waals surface area contributed by atoms with Crippen molar-refractivity contribution in [3.05, 3.63) is 20.8 Å². The maximum absolute atomic E-state index is 6.01. The van der Waals surface area contributed by atoms with Gasteiger partial charge in [0.25, 0.3) is 0 Å². The van der Waals surface area contributed by atoms with Crippen molar-refractivity contribution < 1.29 is 0 Å². The topological polar surface area (TPSA) is 38.0 Å². The molecule has 1 aromatic rings. The highest BCUT2D eigenvalue weighted by molar-refractivity contribution is 9.11. The van der Waals surface area contributed by atoms with Gasteiger partial charge in [0.1, 0.15) is 0 Å². The Balaban J connectivity index is 1.84. The van der Waals surface area contributed by atoms with Crippen molar-refractivity contribution in [2.45, 2.75) is 24.9 Å². The molecule has 1 aliphatic rings. The molecule has 1 fully saturated rings. The molecule has 2 nitrogen and oxygen atoms in total. The highest BCUT2D eigenvalue weighted by Crippen LogP contribution is 2.26. The van der Waals surface area contributed by atoms with E-state index in [0.717, 1.165) is 16.4 Å². The quantitative estimate of drug-likeness (QED) is 0.872. The van der Waals surface area contributed by atoms with Crippen LogP contribution in [0.2, 0.25) is 0 Å². The lowest BCUT2D eigenvalue weighted by molar-refractivity contribution is 0.601. The standard InChI is InChI=1S/C9H13BrN2S/c10-9-4-3-8(13-9)7(11)5-12-6-1-2-6/h3-4,6-7,12H,1-2,5,11H2. The number of halogens is 1. The number of thiophene rings is 1. The molecule has 0 saturated heterocycles. The third kappa shape index (κ3) is 2.77.